The number of allylic oxidation sites excluding steroid dienone is 4. The first kappa shape index (κ1) is 5.28. The van der Waals surface area contributed by atoms with E-state index in [4.69, 9.17) is 0 Å². The normalized spacial score (nSPS) is 30.6. The second kappa shape index (κ2) is 1.73. The first-order valence-electron chi connectivity index (χ1n) is 3.78. The lowest BCUT2D eigenvalue weighted by molar-refractivity contribution is 0.704. The van der Waals surface area contributed by atoms with Crippen LogP contribution in [0.3, 0.4) is 0 Å². The predicted octanol–water partition coefficient (Wildman–Crippen LogP) is 2.67. The monoisotopic (exact) mass is 120 g/mol. The van der Waals surface area contributed by atoms with Crippen LogP contribution in [0.15, 0.2) is 23.3 Å². The quantitative estimate of drug-likeness (QED) is 0.467. The zero-order chi connectivity index (χ0) is 6.27. The maximum Gasteiger partial charge on any atom is 0.00173 e. The van der Waals surface area contributed by atoms with E-state index >= 15 is 0 Å². The van der Waals surface area contributed by atoms with Crippen LogP contribution in [0.25, 0.3) is 0 Å². The maximum atomic E-state index is 2.45. The van der Waals surface area contributed by atoms with Gasteiger partial charge in [0.25, 0.3) is 0 Å². The van der Waals surface area contributed by atoms with Gasteiger partial charge in [-0.15, -0.1) is 0 Å². The highest BCUT2D eigenvalue weighted by Gasteiger charge is 2.24. The van der Waals surface area contributed by atoms with E-state index in [9.17, 15) is 0 Å². The van der Waals surface area contributed by atoms with Crippen molar-refractivity contribution in [3.05, 3.63) is 23.3 Å². The van der Waals surface area contributed by atoms with Gasteiger partial charge in [0.1, 0.15) is 0 Å². The molecule has 0 heterocycles. The Morgan fingerprint density at radius 2 is 2.56 bits per heavy atom. The predicted molar refractivity (Wildman–Crippen MR) is 39.2 cm³/mol. The van der Waals surface area contributed by atoms with E-state index in [2.05, 4.69) is 19.1 Å². The van der Waals surface area contributed by atoms with Crippen molar-refractivity contribution in [1.29, 1.82) is 0 Å². The molecule has 0 spiro atoms. The summed E-state index contributed by atoms with van der Waals surface area (Å²) >= 11 is 0. The van der Waals surface area contributed by atoms with Crippen molar-refractivity contribution in [2.45, 2.75) is 26.2 Å². The molecule has 0 aliphatic heterocycles. The van der Waals surface area contributed by atoms with Gasteiger partial charge in [-0.3, -0.25) is 0 Å². The SMILES string of the molecule is CCC1=CC2CC=C2C1. The molecule has 0 aromatic heterocycles. The second-order valence-electron chi connectivity index (χ2n) is 2.98. The van der Waals surface area contributed by atoms with Crippen molar-refractivity contribution < 1.29 is 0 Å². The number of fused-ring (bicyclic) bond motifs is 1. The number of hydrogen-bond donors (Lipinski definition) is 0. The van der Waals surface area contributed by atoms with Gasteiger partial charge >= 0.3 is 0 Å². The smallest absolute Gasteiger partial charge is 0.00173 e. The van der Waals surface area contributed by atoms with E-state index in [1.54, 1.807) is 11.1 Å². The van der Waals surface area contributed by atoms with Crippen LogP contribution in [0, 0.1) is 5.92 Å². The summed E-state index contributed by atoms with van der Waals surface area (Å²) in [5.74, 6) is 0.875. The minimum Gasteiger partial charge on any atom is -0.0835 e. The summed E-state index contributed by atoms with van der Waals surface area (Å²) in [6.07, 6.45) is 8.70. The zero-order valence-electron chi connectivity index (χ0n) is 5.85. The average molecular weight is 120 g/mol. The fourth-order valence-electron chi connectivity index (χ4n) is 1.65. The third-order valence-electron chi connectivity index (χ3n) is 2.43. The van der Waals surface area contributed by atoms with Gasteiger partial charge in [0.15, 0.2) is 0 Å². The Hall–Kier alpha value is -0.520. The lowest BCUT2D eigenvalue weighted by Gasteiger charge is -2.17. The largest absolute Gasteiger partial charge is 0.0835 e. The topological polar surface area (TPSA) is 0 Å². The molecule has 0 N–H and O–H groups in total. The van der Waals surface area contributed by atoms with Crippen LogP contribution in [0.4, 0.5) is 0 Å². The minimum absolute atomic E-state index is 0.875. The fourth-order valence-corrected chi connectivity index (χ4v) is 1.65. The van der Waals surface area contributed by atoms with Gasteiger partial charge < -0.3 is 0 Å². The Balaban J connectivity index is 2.17. The van der Waals surface area contributed by atoms with E-state index in [0.29, 0.717) is 0 Å². The Morgan fingerprint density at radius 1 is 1.67 bits per heavy atom. The molecular formula is C9H12. The summed E-state index contributed by atoms with van der Waals surface area (Å²) in [5, 5.41) is 0. The van der Waals surface area contributed by atoms with Gasteiger partial charge in [0, 0.05) is 5.92 Å². The lowest BCUT2D eigenvalue weighted by Crippen LogP contribution is -2.03. The van der Waals surface area contributed by atoms with E-state index in [0.717, 1.165) is 5.92 Å². The molecular weight excluding hydrogens is 108 g/mol. The van der Waals surface area contributed by atoms with Crippen molar-refractivity contribution >= 4 is 0 Å². The molecule has 48 valence electrons. The molecule has 0 bridgehead atoms. The average Bonchev–Trinajstić information content (AvgIpc) is 2.10. The highest BCUT2D eigenvalue weighted by Crippen LogP contribution is 2.40. The zero-order valence-corrected chi connectivity index (χ0v) is 5.85. The Labute approximate surface area is 56.3 Å². The van der Waals surface area contributed by atoms with Crippen molar-refractivity contribution in [3.63, 3.8) is 0 Å². The van der Waals surface area contributed by atoms with E-state index in [-0.39, 0.29) is 0 Å². The molecule has 0 amide bonds. The van der Waals surface area contributed by atoms with Crippen LogP contribution < -0.4 is 0 Å². The van der Waals surface area contributed by atoms with E-state index in [1.807, 2.05) is 0 Å². The first-order chi connectivity index (χ1) is 4.40. The van der Waals surface area contributed by atoms with Gasteiger partial charge in [-0.25, -0.2) is 0 Å². The van der Waals surface area contributed by atoms with Gasteiger partial charge in [0.2, 0.25) is 0 Å². The molecule has 0 fully saturated rings. The molecule has 1 atom stereocenters. The first-order valence-corrected chi connectivity index (χ1v) is 3.78. The third kappa shape index (κ3) is 0.658. The molecule has 0 radical (unpaired) electrons. The Morgan fingerprint density at radius 3 is 2.89 bits per heavy atom. The van der Waals surface area contributed by atoms with Crippen LogP contribution in [-0.2, 0) is 0 Å². The molecule has 2 aliphatic rings. The second-order valence-corrected chi connectivity index (χ2v) is 2.98. The van der Waals surface area contributed by atoms with Crippen LogP contribution in [0.2, 0.25) is 0 Å². The fraction of sp³-hybridized carbons (Fsp3) is 0.556. The van der Waals surface area contributed by atoms with Crippen LogP contribution in [-0.4, -0.2) is 0 Å². The molecule has 1 unspecified atom stereocenters. The highest BCUT2D eigenvalue weighted by atomic mass is 14.3. The van der Waals surface area contributed by atoms with Crippen molar-refractivity contribution in [1.82, 2.24) is 0 Å². The third-order valence-corrected chi connectivity index (χ3v) is 2.43. The summed E-state index contributed by atoms with van der Waals surface area (Å²) < 4.78 is 0. The minimum atomic E-state index is 0.875. The van der Waals surface area contributed by atoms with E-state index < -0.39 is 0 Å². The molecule has 0 heteroatoms. The van der Waals surface area contributed by atoms with Gasteiger partial charge in [-0.1, -0.05) is 30.2 Å². The molecule has 0 aromatic rings. The molecule has 0 saturated carbocycles. The maximum absolute atomic E-state index is 2.45. The number of rotatable bonds is 1. The summed E-state index contributed by atoms with van der Waals surface area (Å²) in [6.45, 7) is 2.25. The molecule has 0 nitrogen and oxygen atoms in total. The van der Waals surface area contributed by atoms with Crippen LogP contribution in [0.1, 0.15) is 26.2 Å². The van der Waals surface area contributed by atoms with Crippen molar-refractivity contribution in [2.75, 3.05) is 0 Å². The standard InChI is InChI=1S/C9H12/c1-2-7-5-8-3-4-9(8)6-7/h3,6,9H,2,4-5H2,1H3. The van der Waals surface area contributed by atoms with E-state index in [1.165, 1.54) is 19.3 Å². The highest BCUT2D eigenvalue weighted by molar-refractivity contribution is 5.36. The molecule has 2 rings (SSSR count). The summed E-state index contributed by atoms with van der Waals surface area (Å²) in [5.41, 5.74) is 3.34. The van der Waals surface area contributed by atoms with Gasteiger partial charge in [0.05, 0.1) is 0 Å². The van der Waals surface area contributed by atoms with Crippen molar-refractivity contribution in [3.8, 4) is 0 Å². The van der Waals surface area contributed by atoms with Crippen LogP contribution in [0.5, 0.6) is 0 Å². The Bertz CT molecular complexity index is 184. The number of hydrogen-bond acceptors (Lipinski definition) is 0. The van der Waals surface area contributed by atoms with Gasteiger partial charge in [-0.05, 0) is 19.3 Å². The lowest BCUT2D eigenvalue weighted by atomic mass is 9.88. The summed E-state index contributed by atoms with van der Waals surface area (Å²) in [7, 11) is 0. The molecule has 0 aromatic carbocycles. The molecule has 2 aliphatic carbocycles. The van der Waals surface area contributed by atoms with Crippen molar-refractivity contribution in [2.24, 2.45) is 5.92 Å². The summed E-state index contributed by atoms with van der Waals surface area (Å²) in [4.78, 5) is 0. The van der Waals surface area contributed by atoms with Crippen LogP contribution >= 0.6 is 0 Å². The molecule has 9 heavy (non-hydrogen) atoms. The summed E-state index contributed by atoms with van der Waals surface area (Å²) in [6, 6.07) is 0. The Kier molecular flexibility index (Phi) is 1.01. The van der Waals surface area contributed by atoms with Gasteiger partial charge in [-0.2, -0.15) is 0 Å². The molecule has 0 saturated heterocycles.